The molecular weight excluding hydrogens is 406 g/mol. The van der Waals surface area contributed by atoms with Crippen molar-refractivity contribution in [2.45, 2.75) is 6.92 Å². The van der Waals surface area contributed by atoms with E-state index in [0.717, 1.165) is 40.8 Å². The molecule has 2 aromatic carbocycles. The van der Waals surface area contributed by atoms with Crippen molar-refractivity contribution in [1.29, 1.82) is 0 Å². The lowest BCUT2D eigenvalue weighted by molar-refractivity contribution is -0.133. The number of pyridine rings is 1. The number of amides is 1. The smallest absolute Gasteiger partial charge is 0.336 e. The van der Waals surface area contributed by atoms with E-state index < -0.39 is 5.63 Å². The van der Waals surface area contributed by atoms with Gasteiger partial charge in [-0.05, 0) is 42.8 Å². The summed E-state index contributed by atoms with van der Waals surface area (Å²) in [5, 5.41) is 1.96. The van der Waals surface area contributed by atoms with Gasteiger partial charge in [0.15, 0.2) is 6.61 Å². The second kappa shape index (κ2) is 8.34. The first kappa shape index (κ1) is 20.1. The largest absolute Gasteiger partial charge is 0.484 e. The summed E-state index contributed by atoms with van der Waals surface area (Å²) in [6.45, 7) is 4.46. The van der Waals surface area contributed by atoms with E-state index in [9.17, 15) is 9.59 Å². The van der Waals surface area contributed by atoms with E-state index in [1.807, 2.05) is 48.2 Å². The van der Waals surface area contributed by atoms with E-state index >= 15 is 0 Å². The molecule has 2 aromatic heterocycles. The number of nitrogens with zero attached hydrogens (tertiary/aromatic N) is 3. The molecule has 0 bridgehead atoms. The molecule has 7 nitrogen and oxygen atoms in total. The average molecular weight is 429 g/mol. The molecule has 4 aromatic rings. The van der Waals surface area contributed by atoms with Gasteiger partial charge in [0.2, 0.25) is 0 Å². The van der Waals surface area contributed by atoms with Gasteiger partial charge < -0.3 is 19.0 Å². The predicted octanol–water partition coefficient (Wildman–Crippen LogP) is 3.38. The minimum atomic E-state index is -0.401. The maximum atomic E-state index is 12.7. The first-order valence-corrected chi connectivity index (χ1v) is 10.6. The number of carbonyl (C=O) groups excluding carboxylic acids is 1. The van der Waals surface area contributed by atoms with Gasteiger partial charge in [-0.15, -0.1) is 0 Å². The average Bonchev–Trinajstić information content (AvgIpc) is 2.82. The third-order valence-electron chi connectivity index (χ3n) is 5.83. The highest BCUT2D eigenvalue weighted by molar-refractivity contribution is 5.82. The summed E-state index contributed by atoms with van der Waals surface area (Å²) in [6, 6.07) is 18.9. The molecule has 7 heteroatoms. The molecule has 1 aliphatic rings. The summed E-state index contributed by atoms with van der Waals surface area (Å²) in [4.78, 5) is 33.0. The molecule has 1 amide bonds. The number of aryl methyl sites for hydroxylation is 1. The number of hydrogen-bond acceptors (Lipinski definition) is 6. The van der Waals surface area contributed by atoms with Gasteiger partial charge in [0.25, 0.3) is 5.91 Å². The third-order valence-corrected chi connectivity index (χ3v) is 5.83. The highest BCUT2D eigenvalue weighted by Crippen LogP contribution is 2.23. The van der Waals surface area contributed by atoms with Crippen LogP contribution in [0.1, 0.15) is 5.56 Å². The number of ether oxygens (including phenoxy) is 1. The van der Waals surface area contributed by atoms with Crippen LogP contribution in [-0.4, -0.2) is 48.6 Å². The Morgan fingerprint density at radius 2 is 1.84 bits per heavy atom. The highest BCUT2D eigenvalue weighted by atomic mass is 16.5. The number of fused-ring (bicyclic) bond motifs is 2. The van der Waals surface area contributed by atoms with Crippen molar-refractivity contribution >= 4 is 33.6 Å². The molecular formula is C25H23N3O4. The van der Waals surface area contributed by atoms with E-state index in [1.165, 1.54) is 6.07 Å². The topological polar surface area (TPSA) is 75.9 Å². The monoisotopic (exact) mass is 429 g/mol. The number of para-hydroxylation sites is 1. The normalized spacial score (nSPS) is 14.2. The van der Waals surface area contributed by atoms with E-state index in [2.05, 4.69) is 11.0 Å². The Balaban J connectivity index is 1.19. The van der Waals surface area contributed by atoms with Gasteiger partial charge in [-0.25, -0.2) is 9.78 Å². The van der Waals surface area contributed by atoms with E-state index in [4.69, 9.17) is 14.1 Å². The zero-order valence-electron chi connectivity index (χ0n) is 17.8. The van der Waals surface area contributed by atoms with Crippen LogP contribution in [0.15, 0.2) is 69.9 Å². The van der Waals surface area contributed by atoms with Crippen molar-refractivity contribution in [3.8, 4) is 5.75 Å². The van der Waals surface area contributed by atoms with Crippen molar-refractivity contribution in [2.24, 2.45) is 0 Å². The van der Waals surface area contributed by atoms with Crippen molar-refractivity contribution in [2.75, 3.05) is 37.7 Å². The fourth-order valence-corrected chi connectivity index (χ4v) is 4.05. The van der Waals surface area contributed by atoms with Gasteiger partial charge >= 0.3 is 5.63 Å². The van der Waals surface area contributed by atoms with Gasteiger partial charge in [0.05, 0.1) is 5.52 Å². The number of carbonyl (C=O) groups is 1. The van der Waals surface area contributed by atoms with Crippen LogP contribution in [0.4, 0.5) is 5.82 Å². The quantitative estimate of drug-likeness (QED) is 0.463. The van der Waals surface area contributed by atoms with E-state index in [-0.39, 0.29) is 12.5 Å². The Morgan fingerprint density at radius 3 is 2.69 bits per heavy atom. The zero-order valence-corrected chi connectivity index (χ0v) is 17.8. The maximum absolute atomic E-state index is 12.7. The van der Waals surface area contributed by atoms with E-state index in [0.29, 0.717) is 24.4 Å². The first-order valence-electron chi connectivity index (χ1n) is 10.6. The first-order chi connectivity index (χ1) is 15.6. The Morgan fingerprint density at radius 1 is 1.03 bits per heavy atom. The summed E-state index contributed by atoms with van der Waals surface area (Å²) in [7, 11) is 0. The van der Waals surface area contributed by atoms with Crippen LogP contribution in [0.2, 0.25) is 0 Å². The van der Waals surface area contributed by atoms with Gasteiger partial charge in [0, 0.05) is 49.1 Å². The van der Waals surface area contributed by atoms with Crippen LogP contribution in [0.5, 0.6) is 5.75 Å². The summed E-state index contributed by atoms with van der Waals surface area (Å²) < 4.78 is 10.9. The molecule has 32 heavy (non-hydrogen) atoms. The maximum Gasteiger partial charge on any atom is 0.336 e. The molecule has 1 saturated heterocycles. The number of rotatable bonds is 4. The van der Waals surface area contributed by atoms with Crippen LogP contribution < -0.4 is 15.3 Å². The number of piperazine rings is 1. The highest BCUT2D eigenvalue weighted by Gasteiger charge is 2.22. The molecule has 0 radical (unpaired) electrons. The zero-order chi connectivity index (χ0) is 22.1. The second-order valence-electron chi connectivity index (χ2n) is 7.93. The third kappa shape index (κ3) is 4.01. The fourth-order valence-electron chi connectivity index (χ4n) is 4.05. The summed E-state index contributed by atoms with van der Waals surface area (Å²) in [5.74, 6) is 1.36. The Kier molecular flexibility index (Phi) is 5.23. The second-order valence-corrected chi connectivity index (χ2v) is 7.93. The molecule has 5 rings (SSSR count). The lowest BCUT2D eigenvalue weighted by Crippen LogP contribution is -2.50. The molecule has 0 spiro atoms. The van der Waals surface area contributed by atoms with Gasteiger partial charge in [-0.1, -0.05) is 18.2 Å². The standard InChI is InChI=1S/C25H23N3O4/c1-17-14-25(30)32-22-15-19(7-8-20(17)22)31-16-24(29)28-12-10-27(11-13-28)23-9-6-18-4-2-3-5-21(18)26-23/h2-9,14-15H,10-13,16H2,1H3. The number of benzene rings is 2. The summed E-state index contributed by atoms with van der Waals surface area (Å²) in [5.41, 5.74) is 1.87. The molecule has 0 N–H and O–H groups in total. The van der Waals surface area contributed by atoms with Crippen molar-refractivity contribution in [3.05, 3.63) is 76.6 Å². The molecule has 1 aliphatic heterocycles. The van der Waals surface area contributed by atoms with Gasteiger partial charge in [-0.2, -0.15) is 0 Å². The van der Waals surface area contributed by atoms with E-state index in [1.54, 1.807) is 12.1 Å². The van der Waals surface area contributed by atoms with Crippen molar-refractivity contribution in [3.63, 3.8) is 0 Å². The number of anilines is 1. The van der Waals surface area contributed by atoms with Crippen LogP contribution in [0, 0.1) is 6.92 Å². The summed E-state index contributed by atoms with van der Waals surface area (Å²) in [6.07, 6.45) is 0. The van der Waals surface area contributed by atoms with Crippen molar-refractivity contribution in [1.82, 2.24) is 9.88 Å². The molecule has 1 fully saturated rings. The minimum Gasteiger partial charge on any atom is -0.484 e. The Bertz CT molecular complexity index is 1360. The van der Waals surface area contributed by atoms with Crippen LogP contribution >= 0.6 is 0 Å². The van der Waals surface area contributed by atoms with Crippen molar-refractivity contribution < 1.29 is 13.9 Å². The lowest BCUT2D eigenvalue weighted by Gasteiger charge is -2.35. The lowest BCUT2D eigenvalue weighted by atomic mass is 10.1. The molecule has 0 aliphatic carbocycles. The SMILES string of the molecule is Cc1cc(=O)oc2cc(OCC(=O)N3CCN(c4ccc5ccccc5n4)CC3)ccc12. The fraction of sp³-hybridized carbons (Fsp3) is 0.240. The molecule has 162 valence electrons. The molecule has 0 atom stereocenters. The minimum absolute atomic E-state index is 0.0597. The van der Waals surface area contributed by atoms with Gasteiger partial charge in [-0.3, -0.25) is 4.79 Å². The van der Waals surface area contributed by atoms with Crippen LogP contribution in [-0.2, 0) is 4.79 Å². The molecule has 0 unspecified atom stereocenters. The Hall–Kier alpha value is -3.87. The van der Waals surface area contributed by atoms with Crippen LogP contribution in [0.25, 0.3) is 21.9 Å². The number of hydrogen-bond donors (Lipinski definition) is 0. The molecule has 3 heterocycles. The predicted molar refractivity (Wildman–Crippen MR) is 123 cm³/mol. The van der Waals surface area contributed by atoms with Gasteiger partial charge in [0.1, 0.15) is 17.2 Å². The summed E-state index contributed by atoms with van der Waals surface area (Å²) >= 11 is 0. The van der Waals surface area contributed by atoms with Crippen LogP contribution in [0.3, 0.4) is 0 Å². The Labute approximate surface area is 184 Å². The number of aromatic nitrogens is 1. The molecule has 0 saturated carbocycles.